The van der Waals surface area contributed by atoms with Crippen LogP contribution in [0.4, 0.5) is 0 Å². The zero-order chi connectivity index (χ0) is 17.3. The van der Waals surface area contributed by atoms with Gasteiger partial charge in [-0.25, -0.2) is 0 Å². The molecular weight excluding hydrogens is 300 g/mol. The predicted octanol–water partition coefficient (Wildman–Crippen LogP) is 4.16. The Hall–Kier alpha value is -1.64. The van der Waals surface area contributed by atoms with E-state index in [1.165, 1.54) is 6.08 Å². The van der Waals surface area contributed by atoms with Crippen LogP contribution in [0.25, 0.3) is 0 Å². The van der Waals surface area contributed by atoms with Crippen molar-refractivity contribution >= 4 is 11.6 Å². The van der Waals surface area contributed by atoms with Gasteiger partial charge in [-0.3, -0.25) is 9.59 Å². The summed E-state index contributed by atoms with van der Waals surface area (Å²) in [7, 11) is 0. The molecule has 0 bridgehead atoms. The van der Waals surface area contributed by atoms with Crippen LogP contribution in [0.3, 0.4) is 0 Å². The molecule has 4 aliphatic carbocycles. The summed E-state index contributed by atoms with van der Waals surface area (Å²) in [5.74, 6) is 1.77. The molecule has 0 aromatic carbocycles. The molecule has 0 saturated heterocycles. The Kier molecular flexibility index (Phi) is 3.26. The van der Waals surface area contributed by atoms with Crippen molar-refractivity contribution in [3.63, 3.8) is 0 Å². The molecule has 0 aromatic heterocycles. The summed E-state index contributed by atoms with van der Waals surface area (Å²) in [6.07, 6.45) is 11.5. The number of rotatable bonds is 1. The number of aliphatic hydroxyl groups is 1. The van der Waals surface area contributed by atoms with Gasteiger partial charge in [-0.1, -0.05) is 19.1 Å². The Morgan fingerprint density at radius 1 is 1.17 bits per heavy atom. The van der Waals surface area contributed by atoms with E-state index in [2.05, 4.69) is 26.0 Å². The number of Topliss-reactive ketones (excluding diaryl/α,β-unsaturated/α-hetero) is 1. The molecule has 1 N–H and O–H groups in total. The lowest BCUT2D eigenvalue weighted by Gasteiger charge is -2.55. The van der Waals surface area contributed by atoms with Crippen molar-refractivity contribution in [2.75, 3.05) is 0 Å². The smallest absolute Gasteiger partial charge is 0.182 e. The van der Waals surface area contributed by atoms with Gasteiger partial charge in [-0.15, -0.1) is 0 Å². The van der Waals surface area contributed by atoms with Crippen LogP contribution in [-0.2, 0) is 9.59 Å². The van der Waals surface area contributed by atoms with E-state index in [4.69, 9.17) is 0 Å². The lowest BCUT2D eigenvalue weighted by atomic mass is 9.49. The highest BCUT2D eigenvalue weighted by Gasteiger charge is 2.59. The second-order valence-corrected chi connectivity index (χ2v) is 8.67. The first-order valence-electron chi connectivity index (χ1n) is 9.14. The number of ketones is 2. The van der Waals surface area contributed by atoms with Gasteiger partial charge in [0.05, 0.1) is 5.41 Å². The first-order chi connectivity index (χ1) is 11.3. The van der Waals surface area contributed by atoms with Gasteiger partial charge in [0.2, 0.25) is 0 Å². The maximum Gasteiger partial charge on any atom is 0.182 e. The summed E-state index contributed by atoms with van der Waals surface area (Å²) in [6.45, 7) is 6.12. The van der Waals surface area contributed by atoms with E-state index < -0.39 is 5.41 Å². The van der Waals surface area contributed by atoms with Crippen LogP contribution in [0.15, 0.2) is 35.6 Å². The van der Waals surface area contributed by atoms with Crippen LogP contribution < -0.4 is 0 Å². The monoisotopic (exact) mass is 326 g/mol. The summed E-state index contributed by atoms with van der Waals surface area (Å²) >= 11 is 0. The fourth-order valence-electron chi connectivity index (χ4n) is 6.42. The first kappa shape index (κ1) is 15.9. The molecule has 3 nitrogen and oxygen atoms in total. The number of carbonyl (C=O) groups excluding carboxylic acids is 2. The van der Waals surface area contributed by atoms with Crippen molar-refractivity contribution < 1.29 is 14.7 Å². The van der Waals surface area contributed by atoms with Gasteiger partial charge in [0.25, 0.3) is 0 Å². The van der Waals surface area contributed by atoms with Gasteiger partial charge in [0.15, 0.2) is 5.78 Å². The molecule has 3 heteroatoms. The van der Waals surface area contributed by atoms with E-state index in [-0.39, 0.29) is 22.9 Å². The Balaban J connectivity index is 1.77. The molecule has 0 heterocycles. The van der Waals surface area contributed by atoms with Gasteiger partial charge in [-0.2, -0.15) is 0 Å². The summed E-state index contributed by atoms with van der Waals surface area (Å²) in [5.41, 5.74) is 0.570. The number of aliphatic hydroxyl groups excluding tert-OH is 1. The second-order valence-electron chi connectivity index (χ2n) is 8.67. The Bertz CT molecular complexity index is 713. The van der Waals surface area contributed by atoms with Crippen molar-refractivity contribution in [1.29, 1.82) is 0 Å². The molecule has 6 atom stereocenters. The fourth-order valence-corrected chi connectivity index (χ4v) is 6.42. The third-order valence-corrected chi connectivity index (χ3v) is 7.77. The minimum Gasteiger partial charge on any atom is -0.511 e. The largest absolute Gasteiger partial charge is 0.511 e. The molecule has 24 heavy (non-hydrogen) atoms. The molecule has 4 rings (SSSR count). The second kappa shape index (κ2) is 4.93. The standard InChI is InChI=1S/C21H26O3/c1-12(22)16-6-7-17-15-5-4-13-10-14(23)11-19(24)21(13,3)18(15)8-9-20(16,17)2/h4-5,10-11,15-18,24H,6-9H2,1-3H3/t15-,16+,17-,18-,20+,21-/m0/s1. The third-order valence-electron chi connectivity index (χ3n) is 7.77. The Morgan fingerprint density at radius 3 is 2.62 bits per heavy atom. The average molecular weight is 326 g/mol. The topological polar surface area (TPSA) is 54.4 Å². The lowest BCUT2D eigenvalue weighted by molar-refractivity contribution is -0.126. The van der Waals surface area contributed by atoms with E-state index in [0.717, 1.165) is 31.3 Å². The SMILES string of the molecule is CC(=O)[C@H]1CC[C@H]2[C@@H]3C=CC4=CC(=O)C=C(O)[C@]4(C)[C@H]3CC[C@]12C. The number of allylic oxidation sites excluding steroid dienone is 5. The predicted molar refractivity (Wildman–Crippen MR) is 92.3 cm³/mol. The van der Waals surface area contributed by atoms with Crippen LogP contribution in [-0.4, -0.2) is 16.7 Å². The third kappa shape index (κ3) is 1.84. The van der Waals surface area contributed by atoms with Gasteiger partial charge in [0, 0.05) is 12.0 Å². The Labute approximate surface area is 143 Å². The van der Waals surface area contributed by atoms with Crippen molar-refractivity contribution in [2.45, 2.75) is 46.5 Å². The maximum absolute atomic E-state index is 12.1. The highest BCUT2D eigenvalue weighted by molar-refractivity contribution is 6.02. The molecular formula is C21H26O3. The van der Waals surface area contributed by atoms with E-state index in [9.17, 15) is 14.7 Å². The van der Waals surface area contributed by atoms with Crippen LogP contribution in [0.2, 0.25) is 0 Å². The summed E-state index contributed by atoms with van der Waals surface area (Å²) in [5, 5.41) is 10.6. The molecule has 4 aliphatic rings. The number of carbonyl (C=O) groups is 2. The van der Waals surface area contributed by atoms with Crippen molar-refractivity contribution in [3.05, 3.63) is 35.6 Å². The zero-order valence-electron chi connectivity index (χ0n) is 14.7. The number of hydrogen-bond acceptors (Lipinski definition) is 3. The van der Waals surface area contributed by atoms with Gasteiger partial charge in [-0.05, 0) is 74.3 Å². The molecule has 2 saturated carbocycles. The quantitative estimate of drug-likeness (QED) is 0.787. The minimum atomic E-state index is -0.455. The molecule has 0 spiro atoms. The maximum atomic E-state index is 12.1. The van der Waals surface area contributed by atoms with Crippen LogP contribution in [0.1, 0.15) is 46.5 Å². The number of hydrogen-bond donors (Lipinski definition) is 1. The molecule has 0 unspecified atom stereocenters. The van der Waals surface area contributed by atoms with Gasteiger partial charge >= 0.3 is 0 Å². The van der Waals surface area contributed by atoms with Gasteiger partial charge in [0.1, 0.15) is 11.5 Å². The van der Waals surface area contributed by atoms with Crippen molar-refractivity contribution in [3.8, 4) is 0 Å². The number of fused-ring (bicyclic) bond motifs is 5. The normalized spacial score (nSPS) is 46.5. The minimum absolute atomic E-state index is 0.0821. The van der Waals surface area contributed by atoms with Crippen LogP contribution in [0.5, 0.6) is 0 Å². The van der Waals surface area contributed by atoms with E-state index in [0.29, 0.717) is 23.5 Å². The summed E-state index contributed by atoms with van der Waals surface area (Å²) < 4.78 is 0. The van der Waals surface area contributed by atoms with Gasteiger partial charge < -0.3 is 5.11 Å². The molecule has 0 aliphatic heterocycles. The summed E-state index contributed by atoms with van der Waals surface area (Å²) in [6, 6.07) is 0. The highest BCUT2D eigenvalue weighted by atomic mass is 16.3. The van der Waals surface area contributed by atoms with E-state index in [1.807, 2.05) is 0 Å². The van der Waals surface area contributed by atoms with Crippen LogP contribution in [0, 0.1) is 34.5 Å². The van der Waals surface area contributed by atoms with Crippen molar-refractivity contribution in [2.24, 2.45) is 34.5 Å². The van der Waals surface area contributed by atoms with E-state index in [1.54, 1.807) is 13.0 Å². The fraction of sp³-hybridized carbons (Fsp3) is 0.619. The highest BCUT2D eigenvalue weighted by Crippen LogP contribution is 2.65. The van der Waals surface area contributed by atoms with Crippen LogP contribution >= 0.6 is 0 Å². The zero-order valence-corrected chi connectivity index (χ0v) is 14.7. The summed E-state index contributed by atoms with van der Waals surface area (Å²) in [4.78, 5) is 23.9. The molecule has 0 aromatic rings. The molecule has 128 valence electrons. The lowest BCUT2D eigenvalue weighted by Crippen LogP contribution is -2.50. The average Bonchev–Trinajstić information content (AvgIpc) is 2.86. The molecule has 0 amide bonds. The molecule has 2 fully saturated rings. The van der Waals surface area contributed by atoms with E-state index >= 15 is 0 Å². The Morgan fingerprint density at radius 2 is 1.92 bits per heavy atom. The van der Waals surface area contributed by atoms with Crippen molar-refractivity contribution in [1.82, 2.24) is 0 Å². The molecule has 0 radical (unpaired) electrons. The first-order valence-corrected chi connectivity index (χ1v) is 9.14.